The minimum absolute atomic E-state index is 0.0381. The van der Waals surface area contributed by atoms with Crippen LogP contribution in [0.4, 0.5) is 0 Å². The number of carbonyl (C=O) groups excluding carboxylic acids is 2. The van der Waals surface area contributed by atoms with Crippen LogP contribution >= 0.6 is 0 Å². The Labute approximate surface area is 333 Å². The zero-order valence-electron chi connectivity index (χ0n) is 35.3. The monoisotopic (exact) mass is 756 g/mol. The Kier molecular flexibility index (Phi) is 39.8. The van der Waals surface area contributed by atoms with Gasteiger partial charge in [0.15, 0.2) is 0 Å². The number of ether oxygens (including phenoxy) is 1. The van der Waals surface area contributed by atoms with Crippen molar-refractivity contribution in [2.24, 2.45) is 0 Å². The van der Waals surface area contributed by atoms with Gasteiger partial charge in [0, 0.05) is 6.42 Å². The van der Waals surface area contributed by atoms with Crippen LogP contribution in [0.1, 0.15) is 207 Å². The van der Waals surface area contributed by atoms with E-state index in [-0.39, 0.29) is 24.9 Å². The van der Waals surface area contributed by atoms with E-state index < -0.39 is 18.2 Å². The van der Waals surface area contributed by atoms with Crippen LogP contribution in [0.5, 0.6) is 0 Å². The third-order valence-corrected chi connectivity index (χ3v) is 9.86. The number of unbranched alkanes of at least 4 members (excludes halogenated alkanes) is 17. The van der Waals surface area contributed by atoms with Crippen LogP contribution in [-0.4, -0.2) is 46.9 Å². The molecule has 0 rings (SSSR count). The van der Waals surface area contributed by atoms with Gasteiger partial charge in [-0.1, -0.05) is 191 Å². The van der Waals surface area contributed by atoms with Gasteiger partial charge in [-0.3, -0.25) is 9.59 Å². The molecule has 0 saturated carbocycles. The van der Waals surface area contributed by atoms with Crippen LogP contribution in [0.2, 0.25) is 0 Å². The molecule has 0 fully saturated rings. The largest absolute Gasteiger partial charge is 0.462 e. The summed E-state index contributed by atoms with van der Waals surface area (Å²) in [4.78, 5) is 25.9. The van der Waals surface area contributed by atoms with Gasteiger partial charge in [-0.05, 0) is 64.2 Å². The van der Waals surface area contributed by atoms with Crippen molar-refractivity contribution in [2.75, 3.05) is 6.61 Å². The van der Waals surface area contributed by atoms with Crippen molar-refractivity contribution in [3.05, 3.63) is 60.8 Å². The highest BCUT2D eigenvalue weighted by Gasteiger charge is 2.24. The summed E-state index contributed by atoms with van der Waals surface area (Å²) in [5.74, 6) is -0.536. The van der Waals surface area contributed by atoms with Crippen LogP contribution in [0.3, 0.4) is 0 Å². The number of hydrogen-bond acceptors (Lipinski definition) is 5. The lowest BCUT2D eigenvalue weighted by Crippen LogP contribution is -2.46. The Morgan fingerprint density at radius 2 is 1.00 bits per heavy atom. The Morgan fingerprint density at radius 3 is 1.48 bits per heavy atom. The fourth-order valence-electron chi connectivity index (χ4n) is 6.46. The Hall–Kier alpha value is -2.44. The van der Waals surface area contributed by atoms with Crippen molar-refractivity contribution in [3.63, 3.8) is 0 Å². The van der Waals surface area contributed by atoms with Crippen molar-refractivity contribution < 1.29 is 24.5 Å². The van der Waals surface area contributed by atoms with E-state index in [2.05, 4.69) is 86.8 Å². The van der Waals surface area contributed by atoms with Crippen molar-refractivity contribution in [1.29, 1.82) is 0 Å². The first-order chi connectivity index (χ1) is 26.5. The van der Waals surface area contributed by atoms with Crippen molar-refractivity contribution in [3.8, 4) is 0 Å². The van der Waals surface area contributed by atoms with E-state index in [1.54, 1.807) is 0 Å². The third-order valence-electron chi connectivity index (χ3n) is 9.86. The Balaban J connectivity index is 4.72. The highest BCUT2D eigenvalue weighted by Crippen LogP contribution is 2.16. The highest BCUT2D eigenvalue weighted by molar-refractivity contribution is 5.77. The highest BCUT2D eigenvalue weighted by atomic mass is 16.5. The van der Waals surface area contributed by atoms with Gasteiger partial charge in [-0.15, -0.1) is 0 Å². The van der Waals surface area contributed by atoms with Gasteiger partial charge in [-0.2, -0.15) is 0 Å². The molecule has 0 aromatic carbocycles. The van der Waals surface area contributed by atoms with Crippen LogP contribution in [0.15, 0.2) is 60.8 Å². The molecule has 6 nitrogen and oxygen atoms in total. The second kappa shape index (κ2) is 41.7. The standard InChI is InChI=1S/C48H85NO5/c1-4-7-10-13-16-19-20-21-22-23-24-25-26-29-30-33-36-39-44(54-48(53)41-38-35-32-28-18-15-12-9-6-3)42-47(52)49-45(43-50)46(51)40-37-34-31-27-17-14-11-8-5-2/h7,10,16,19,21-22,24-25,29-30,44-46,50-51H,4-6,8-9,11-15,17-18,20,23,26-28,31-43H2,1-3H3,(H,49,52)/b10-7-,19-16-,22-21-,25-24-,30-29-. The van der Waals surface area contributed by atoms with Gasteiger partial charge in [0.25, 0.3) is 0 Å². The number of nitrogens with one attached hydrogen (secondary N) is 1. The average molecular weight is 756 g/mol. The summed E-state index contributed by atoms with van der Waals surface area (Å²) >= 11 is 0. The number of aliphatic hydroxyl groups excluding tert-OH is 2. The topological polar surface area (TPSA) is 95.9 Å². The Bertz CT molecular complexity index is 984. The van der Waals surface area contributed by atoms with Gasteiger partial charge < -0.3 is 20.3 Å². The van der Waals surface area contributed by atoms with Crippen LogP contribution < -0.4 is 5.32 Å². The third kappa shape index (κ3) is 36.5. The lowest BCUT2D eigenvalue weighted by molar-refractivity contribution is -0.151. The Morgan fingerprint density at radius 1 is 0.556 bits per heavy atom. The maximum atomic E-state index is 13.1. The first-order valence-electron chi connectivity index (χ1n) is 22.5. The summed E-state index contributed by atoms with van der Waals surface area (Å²) in [6.45, 7) is 6.29. The number of carbonyl (C=O) groups is 2. The fourth-order valence-corrected chi connectivity index (χ4v) is 6.46. The molecule has 3 unspecified atom stereocenters. The molecule has 0 aliphatic rings. The molecule has 0 aliphatic carbocycles. The predicted octanol–water partition coefficient (Wildman–Crippen LogP) is 12.9. The van der Waals surface area contributed by atoms with Crippen LogP contribution in [0, 0.1) is 0 Å². The number of hydrogen-bond donors (Lipinski definition) is 3. The zero-order chi connectivity index (χ0) is 39.6. The van der Waals surface area contributed by atoms with Gasteiger partial charge in [0.05, 0.1) is 25.2 Å². The van der Waals surface area contributed by atoms with E-state index in [0.717, 1.165) is 83.5 Å². The maximum absolute atomic E-state index is 13.1. The number of allylic oxidation sites excluding steroid dienone is 10. The molecule has 6 heteroatoms. The molecule has 3 atom stereocenters. The summed E-state index contributed by atoms with van der Waals surface area (Å²) in [6.07, 6.45) is 50.0. The molecule has 3 N–H and O–H groups in total. The molecule has 0 aromatic rings. The van der Waals surface area contributed by atoms with Gasteiger partial charge in [-0.25, -0.2) is 0 Å². The van der Waals surface area contributed by atoms with E-state index in [9.17, 15) is 19.8 Å². The minimum Gasteiger partial charge on any atom is -0.462 e. The maximum Gasteiger partial charge on any atom is 0.306 e. The summed E-state index contributed by atoms with van der Waals surface area (Å²) < 4.78 is 5.86. The summed E-state index contributed by atoms with van der Waals surface area (Å²) in [7, 11) is 0. The van der Waals surface area contributed by atoms with E-state index in [1.165, 1.54) is 77.0 Å². The molecule has 0 heterocycles. The minimum atomic E-state index is -0.800. The zero-order valence-corrected chi connectivity index (χ0v) is 35.3. The lowest BCUT2D eigenvalue weighted by Gasteiger charge is -2.24. The molecular formula is C48H85NO5. The molecule has 54 heavy (non-hydrogen) atoms. The first kappa shape index (κ1) is 51.6. The number of aliphatic hydroxyl groups is 2. The fraction of sp³-hybridized carbons (Fsp3) is 0.750. The molecule has 312 valence electrons. The van der Waals surface area contributed by atoms with Gasteiger partial charge in [0.1, 0.15) is 6.10 Å². The molecule has 0 spiro atoms. The first-order valence-corrected chi connectivity index (χ1v) is 22.5. The van der Waals surface area contributed by atoms with E-state index in [4.69, 9.17) is 4.74 Å². The smallest absolute Gasteiger partial charge is 0.306 e. The van der Waals surface area contributed by atoms with Gasteiger partial charge >= 0.3 is 5.97 Å². The quantitative estimate of drug-likeness (QED) is 0.0330. The predicted molar refractivity (Wildman–Crippen MR) is 232 cm³/mol. The number of amides is 1. The van der Waals surface area contributed by atoms with E-state index in [1.807, 2.05) is 0 Å². The van der Waals surface area contributed by atoms with Crippen LogP contribution in [-0.2, 0) is 14.3 Å². The SMILES string of the molecule is CC/C=C\C/C=C\C/C=C\C/C=C\C/C=C\CCCC(CC(=O)NC(CO)C(O)CCCCCCCCCCC)OC(=O)CCCCCCCCCCC. The number of rotatable bonds is 39. The van der Waals surface area contributed by atoms with Crippen LogP contribution in [0.25, 0.3) is 0 Å². The molecule has 0 radical (unpaired) electrons. The number of esters is 1. The second-order valence-corrected chi connectivity index (χ2v) is 15.1. The molecule has 0 saturated heterocycles. The molecule has 1 amide bonds. The summed E-state index contributed by atoms with van der Waals surface area (Å²) in [5.41, 5.74) is 0. The molecule has 0 aliphatic heterocycles. The molecule has 0 aromatic heterocycles. The lowest BCUT2D eigenvalue weighted by atomic mass is 10.0. The summed E-state index contributed by atoms with van der Waals surface area (Å²) in [5, 5.41) is 23.5. The van der Waals surface area contributed by atoms with Crippen molar-refractivity contribution in [2.45, 2.75) is 225 Å². The normalized spacial score (nSPS) is 13.9. The van der Waals surface area contributed by atoms with Crippen molar-refractivity contribution >= 4 is 11.9 Å². The van der Waals surface area contributed by atoms with E-state index in [0.29, 0.717) is 19.3 Å². The van der Waals surface area contributed by atoms with Gasteiger partial charge in [0.2, 0.25) is 5.91 Å². The average Bonchev–Trinajstić information content (AvgIpc) is 3.16. The molecular weight excluding hydrogens is 671 g/mol. The van der Waals surface area contributed by atoms with E-state index >= 15 is 0 Å². The molecule has 0 bridgehead atoms. The second-order valence-electron chi connectivity index (χ2n) is 15.1. The van der Waals surface area contributed by atoms with Crippen molar-refractivity contribution in [1.82, 2.24) is 5.32 Å². The summed E-state index contributed by atoms with van der Waals surface area (Å²) in [6, 6.07) is -0.717.